The third-order valence-electron chi connectivity index (χ3n) is 4.48. The first-order valence-electron chi connectivity index (χ1n) is 8.41. The third kappa shape index (κ3) is 4.50. The van der Waals surface area contributed by atoms with Crippen LogP contribution in [0.5, 0.6) is 5.06 Å². The summed E-state index contributed by atoms with van der Waals surface area (Å²) < 4.78 is 0.598. The average molecular weight is 405 g/mol. The smallest absolute Gasteiger partial charge is 0.865 e. The number of benzene rings is 2. The largest absolute Gasteiger partial charge is 1.00 e. The van der Waals surface area contributed by atoms with E-state index in [0.717, 1.165) is 11.3 Å². The van der Waals surface area contributed by atoms with Gasteiger partial charge in [-0.15, -0.1) is 0 Å². The van der Waals surface area contributed by atoms with Gasteiger partial charge in [-0.25, -0.2) is 0 Å². The van der Waals surface area contributed by atoms with E-state index in [-0.39, 0.29) is 69.9 Å². The van der Waals surface area contributed by atoms with E-state index in [9.17, 15) is 24.8 Å². The Bertz CT molecular complexity index is 1080. The first-order chi connectivity index (χ1) is 12.9. The average Bonchev–Trinajstić information content (AvgIpc) is 2.67. The Labute approximate surface area is 187 Å². The van der Waals surface area contributed by atoms with Gasteiger partial charge in [-0.05, 0) is 22.8 Å². The van der Waals surface area contributed by atoms with Crippen molar-refractivity contribution in [2.24, 2.45) is 0 Å². The Kier molecular flexibility index (Phi) is 7.48. The second-order valence-corrected chi connectivity index (χ2v) is 7.14. The van der Waals surface area contributed by atoms with Crippen molar-refractivity contribution in [3.05, 3.63) is 80.0 Å². The molecule has 138 valence electrons. The number of nitro groups is 1. The number of hydrogen-bond acceptors (Lipinski definition) is 6. The fourth-order valence-corrected chi connectivity index (χ4v) is 3.99. The number of Topliss-reactive ketones (excluding diaryl/α,β-unsaturated/α-hetero) is 1. The third-order valence-corrected chi connectivity index (χ3v) is 5.46. The summed E-state index contributed by atoms with van der Waals surface area (Å²) in [5, 5.41) is 23.7. The van der Waals surface area contributed by atoms with Crippen LogP contribution in [-0.4, -0.2) is 10.7 Å². The SMILES string of the molecule is CCC(=O)CC(c1ccc([N+](=O)[O-])cc1)c1c([O-])sc2ccccc2c1=O.[Na+]. The molecule has 0 N–H and O–H groups in total. The molecule has 3 rings (SSSR count). The second kappa shape index (κ2) is 9.43. The summed E-state index contributed by atoms with van der Waals surface area (Å²) in [5.41, 5.74) is 0.111. The molecule has 0 aliphatic heterocycles. The molecule has 0 aliphatic rings. The monoisotopic (exact) mass is 405 g/mol. The van der Waals surface area contributed by atoms with Gasteiger partial charge in [0.05, 0.1) is 4.92 Å². The standard InChI is InChI=1S/C20H17NO5S.Na/c1-2-14(22)11-16(12-7-9-13(10-8-12)21(25)26)18-19(23)15-5-3-4-6-17(15)27-20(18)24;/h3-10,16,24H,2,11H2,1H3;/q;+1/p-1. The second-order valence-electron chi connectivity index (χ2n) is 6.13. The van der Waals surface area contributed by atoms with E-state index >= 15 is 0 Å². The van der Waals surface area contributed by atoms with Crippen LogP contribution >= 0.6 is 11.3 Å². The summed E-state index contributed by atoms with van der Waals surface area (Å²) >= 11 is 0.973. The van der Waals surface area contributed by atoms with Crippen molar-refractivity contribution in [1.82, 2.24) is 0 Å². The van der Waals surface area contributed by atoms with Gasteiger partial charge >= 0.3 is 29.6 Å². The molecule has 0 saturated carbocycles. The minimum absolute atomic E-state index is 0. The van der Waals surface area contributed by atoms with Gasteiger partial charge in [-0.1, -0.05) is 31.2 Å². The van der Waals surface area contributed by atoms with Crippen molar-refractivity contribution in [2.75, 3.05) is 0 Å². The Morgan fingerprint density at radius 3 is 2.39 bits per heavy atom. The minimum Gasteiger partial charge on any atom is -0.865 e. The summed E-state index contributed by atoms with van der Waals surface area (Å²) in [6.45, 7) is 1.72. The summed E-state index contributed by atoms with van der Waals surface area (Å²) in [5.74, 6) is -0.811. The topological polar surface area (TPSA) is 100 Å². The fourth-order valence-electron chi connectivity index (χ4n) is 3.02. The molecular weight excluding hydrogens is 389 g/mol. The molecule has 0 spiro atoms. The first kappa shape index (κ1) is 22.2. The Morgan fingerprint density at radius 2 is 1.79 bits per heavy atom. The number of non-ortho nitro benzene ring substituents is 1. The van der Waals surface area contributed by atoms with Gasteiger partial charge < -0.3 is 5.11 Å². The maximum atomic E-state index is 13.0. The summed E-state index contributed by atoms with van der Waals surface area (Å²) in [6.07, 6.45) is 0.284. The van der Waals surface area contributed by atoms with Crippen LogP contribution in [0.25, 0.3) is 10.1 Å². The molecule has 0 amide bonds. The zero-order valence-corrected chi connectivity index (χ0v) is 18.3. The fraction of sp³-hybridized carbons (Fsp3) is 0.200. The molecule has 28 heavy (non-hydrogen) atoms. The van der Waals surface area contributed by atoms with Crippen LogP contribution in [0.15, 0.2) is 53.3 Å². The van der Waals surface area contributed by atoms with Crippen molar-refractivity contribution in [3.63, 3.8) is 0 Å². The van der Waals surface area contributed by atoms with Crippen LogP contribution in [0.3, 0.4) is 0 Å². The van der Waals surface area contributed by atoms with Gasteiger partial charge in [0.2, 0.25) is 0 Å². The number of rotatable bonds is 6. The predicted octanol–water partition coefficient (Wildman–Crippen LogP) is 0.748. The van der Waals surface area contributed by atoms with Crippen LogP contribution in [0.1, 0.15) is 36.8 Å². The molecular formula is C20H16NNaO5S. The van der Waals surface area contributed by atoms with Gasteiger partial charge in [-0.3, -0.25) is 19.7 Å². The van der Waals surface area contributed by atoms with Gasteiger partial charge in [0.15, 0.2) is 5.43 Å². The van der Waals surface area contributed by atoms with Gasteiger partial charge in [0.25, 0.3) is 5.69 Å². The van der Waals surface area contributed by atoms with E-state index in [1.807, 2.05) is 0 Å². The predicted molar refractivity (Wildman–Crippen MR) is 102 cm³/mol. The number of carbonyl (C=O) groups excluding carboxylic acids is 1. The van der Waals surface area contributed by atoms with Crippen LogP contribution in [0.2, 0.25) is 0 Å². The van der Waals surface area contributed by atoms with E-state index in [1.54, 1.807) is 31.2 Å². The Morgan fingerprint density at radius 1 is 1.14 bits per heavy atom. The number of fused-ring (bicyclic) bond motifs is 1. The van der Waals surface area contributed by atoms with Crippen molar-refractivity contribution in [2.45, 2.75) is 25.7 Å². The number of ketones is 1. The van der Waals surface area contributed by atoms with Crippen molar-refractivity contribution >= 4 is 32.9 Å². The minimum atomic E-state index is -0.723. The molecule has 3 aromatic rings. The Balaban J connectivity index is 0.00000280. The molecule has 6 nitrogen and oxygen atoms in total. The van der Waals surface area contributed by atoms with Crippen LogP contribution in [0.4, 0.5) is 5.69 Å². The first-order valence-corrected chi connectivity index (χ1v) is 9.22. The van der Waals surface area contributed by atoms with E-state index < -0.39 is 10.8 Å². The zero-order chi connectivity index (χ0) is 19.6. The van der Waals surface area contributed by atoms with Crippen molar-refractivity contribution < 1.29 is 44.4 Å². The van der Waals surface area contributed by atoms with Gasteiger partial charge in [-0.2, -0.15) is 11.3 Å². The number of nitrogens with zero attached hydrogens (tertiary/aromatic N) is 1. The molecule has 0 aliphatic carbocycles. The molecule has 1 aromatic heterocycles. The molecule has 0 saturated heterocycles. The quantitative estimate of drug-likeness (QED) is 0.342. The van der Waals surface area contributed by atoms with Crippen molar-refractivity contribution in [3.8, 4) is 5.06 Å². The maximum absolute atomic E-state index is 13.0. The normalized spacial score (nSPS) is 11.6. The summed E-state index contributed by atoms with van der Waals surface area (Å²) in [4.78, 5) is 35.5. The van der Waals surface area contributed by atoms with Crippen LogP contribution in [0, 0.1) is 10.1 Å². The van der Waals surface area contributed by atoms with E-state index in [1.165, 1.54) is 24.3 Å². The van der Waals surface area contributed by atoms with E-state index in [2.05, 4.69) is 0 Å². The molecule has 0 bridgehead atoms. The summed E-state index contributed by atoms with van der Waals surface area (Å²) in [6, 6.07) is 12.5. The zero-order valence-electron chi connectivity index (χ0n) is 15.5. The molecule has 1 unspecified atom stereocenters. The number of nitro benzene ring substituents is 1. The van der Waals surface area contributed by atoms with E-state index in [4.69, 9.17) is 0 Å². The van der Waals surface area contributed by atoms with Crippen LogP contribution in [-0.2, 0) is 4.79 Å². The Hall–Kier alpha value is -2.06. The number of hydrogen-bond donors (Lipinski definition) is 0. The molecule has 2 aromatic carbocycles. The van der Waals surface area contributed by atoms with Gasteiger partial charge in [0, 0.05) is 46.5 Å². The summed E-state index contributed by atoms with van der Waals surface area (Å²) in [7, 11) is 0. The molecule has 8 heteroatoms. The van der Waals surface area contributed by atoms with Gasteiger partial charge in [0.1, 0.15) is 5.78 Å². The van der Waals surface area contributed by atoms with Crippen LogP contribution < -0.4 is 40.1 Å². The van der Waals surface area contributed by atoms with Crippen molar-refractivity contribution in [1.29, 1.82) is 0 Å². The molecule has 1 atom stereocenters. The number of carbonyl (C=O) groups is 1. The molecule has 0 fully saturated rings. The molecule has 0 radical (unpaired) electrons. The molecule has 1 heterocycles. The van der Waals surface area contributed by atoms with E-state index in [0.29, 0.717) is 15.6 Å². The maximum Gasteiger partial charge on any atom is 1.00 e.